The number of ether oxygens (including phenoxy) is 3. The lowest BCUT2D eigenvalue weighted by atomic mass is 10.2. The zero-order valence-electron chi connectivity index (χ0n) is 15.2. The minimum absolute atomic E-state index is 0.0216. The van der Waals surface area contributed by atoms with Gasteiger partial charge in [-0.1, -0.05) is 29.8 Å². The van der Waals surface area contributed by atoms with Gasteiger partial charge in [0.05, 0.1) is 19.2 Å². The van der Waals surface area contributed by atoms with Gasteiger partial charge >= 0.3 is 12.6 Å². The number of nitrogens with zero attached hydrogens (tertiary/aromatic N) is 1. The highest BCUT2D eigenvalue weighted by Gasteiger charge is 2.13. The molecule has 0 unspecified atom stereocenters. The van der Waals surface area contributed by atoms with Gasteiger partial charge in [-0.15, -0.1) is 11.3 Å². The number of hydrogen-bond donors (Lipinski definition) is 0. The lowest BCUT2D eigenvalue weighted by Crippen LogP contribution is -2.09. The number of carbonyl (C=O) groups is 1. The molecule has 1 heterocycles. The van der Waals surface area contributed by atoms with E-state index < -0.39 is 12.6 Å². The smallest absolute Gasteiger partial charge is 0.387 e. The van der Waals surface area contributed by atoms with Gasteiger partial charge in [0.25, 0.3) is 0 Å². The topological polar surface area (TPSA) is 57.7 Å². The molecule has 0 aliphatic carbocycles. The Morgan fingerprint density at radius 1 is 1.17 bits per heavy atom. The maximum absolute atomic E-state index is 12.4. The summed E-state index contributed by atoms with van der Waals surface area (Å²) in [5.41, 5.74) is 2.09. The fourth-order valence-corrected chi connectivity index (χ4v) is 3.42. The second-order valence-corrected chi connectivity index (χ2v) is 7.15. The molecular formula is C20H16ClF2NO4S. The van der Waals surface area contributed by atoms with Crippen molar-refractivity contribution < 1.29 is 27.8 Å². The van der Waals surface area contributed by atoms with Crippen LogP contribution in [0.2, 0.25) is 5.02 Å². The maximum Gasteiger partial charge on any atom is 0.387 e. The summed E-state index contributed by atoms with van der Waals surface area (Å²) in [6, 6.07) is 11.6. The number of methoxy groups -OCH3 is 1. The Balaban J connectivity index is 1.57. The molecule has 0 spiro atoms. The van der Waals surface area contributed by atoms with Gasteiger partial charge in [0, 0.05) is 16.0 Å². The number of alkyl halides is 2. The number of aromatic nitrogens is 1. The van der Waals surface area contributed by atoms with Crippen LogP contribution >= 0.6 is 22.9 Å². The third-order valence-electron chi connectivity index (χ3n) is 3.81. The van der Waals surface area contributed by atoms with Crippen LogP contribution < -0.4 is 9.47 Å². The Hall–Kier alpha value is -2.71. The van der Waals surface area contributed by atoms with E-state index in [0.717, 1.165) is 10.6 Å². The van der Waals surface area contributed by atoms with E-state index in [1.165, 1.54) is 36.6 Å². The van der Waals surface area contributed by atoms with Gasteiger partial charge in [-0.3, -0.25) is 4.79 Å². The summed E-state index contributed by atoms with van der Waals surface area (Å²) in [5, 5.41) is 3.22. The Morgan fingerprint density at radius 2 is 1.93 bits per heavy atom. The quantitative estimate of drug-likeness (QED) is 0.442. The second-order valence-electron chi connectivity index (χ2n) is 5.85. The van der Waals surface area contributed by atoms with E-state index in [1.807, 2.05) is 12.1 Å². The van der Waals surface area contributed by atoms with Crippen LogP contribution in [0.1, 0.15) is 11.3 Å². The van der Waals surface area contributed by atoms with E-state index in [9.17, 15) is 13.6 Å². The highest BCUT2D eigenvalue weighted by molar-refractivity contribution is 7.13. The van der Waals surface area contributed by atoms with Crippen LogP contribution in [0.5, 0.6) is 11.5 Å². The summed E-state index contributed by atoms with van der Waals surface area (Å²) < 4.78 is 39.4. The van der Waals surface area contributed by atoms with Crippen molar-refractivity contribution in [1.29, 1.82) is 0 Å². The van der Waals surface area contributed by atoms with E-state index in [2.05, 4.69) is 9.72 Å². The largest absolute Gasteiger partial charge is 0.493 e. The predicted molar refractivity (Wildman–Crippen MR) is 106 cm³/mol. The van der Waals surface area contributed by atoms with Gasteiger partial charge in [0.1, 0.15) is 11.6 Å². The lowest BCUT2D eigenvalue weighted by Gasteiger charge is -2.11. The number of halogens is 3. The molecule has 0 amide bonds. The summed E-state index contributed by atoms with van der Waals surface area (Å²) >= 11 is 7.30. The molecule has 0 aliphatic heterocycles. The Bertz CT molecular complexity index is 979. The average molecular weight is 440 g/mol. The number of carbonyl (C=O) groups excluding carboxylic acids is 1. The van der Waals surface area contributed by atoms with E-state index in [4.69, 9.17) is 21.1 Å². The van der Waals surface area contributed by atoms with Crippen LogP contribution in [-0.2, 0) is 22.6 Å². The number of esters is 1. The van der Waals surface area contributed by atoms with Gasteiger partial charge in [0.2, 0.25) is 0 Å². The summed E-state index contributed by atoms with van der Waals surface area (Å²) in [6.45, 7) is -2.98. The van der Waals surface area contributed by atoms with Crippen molar-refractivity contribution in [2.75, 3.05) is 7.11 Å². The number of benzene rings is 2. The normalized spacial score (nSPS) is 10.8. The summed E-state index contributed by atoms with van der Waals surface area (Å²) in [5.74, 6) is -0.412. The molecule has 0 N–H and O–H groups in total. The lowest BCUT2D eigenvalue weighted by molar-refractivity contribution is -0.144. The molecule has 0 saturated heterocycles. The molecule has 3 aromatic rings. The van der Waals surface area contributed by atoms with Crippen molar-refractivity contribution in [3.63, 3.8) is 0 Å². The zero-order chi connectivity index (χ0) is 20.8. The Kier molecular flexibility index (Phi) is 7.00. The summed E-state index contributed by atoms with van der Waals surface area (Å²) in [4.78, 5) is 16.6. The molecule has 29 heavy (non-hydrogen) atoms. The minimum atomic E-state index is -2.96. The molecule has 2 aromatic carbocycles. The van der Waals surface area contributed by atoms with E-state index in [0.29, 0.717) is 16.3 Å². The van der Waals surface area contributed by atoms with Crippen molar-refractivity contribution in [3.8, 4) is 22.1 Å². The first kappa shape index (κ1) is 21.0. The molecule has 1 aromatic heterocycles. The van der Waals surface area contributed by atoms with Crippen molar-refractivity contribution in [2.24, 2.45) is 0 Å². The first-order chi connectivity index (χ1) is 13.9. The Morgan fingerprint density at radius 3 is 2.62 bits per heavy atom. The van der Waals surface area contributed by atoms with Gasteiger partial charge in [-0.2, -0.15) is 8.78 Å². The molecule has 152 valence electrons. The van der Waals surface area contributed by atoms with Crippen LogP contribution in [0.25, 0.3) is 10.6 Å². The summed E-state index contributed by atoms with van der Waals surface area (Å²) in [7, 11) is 1.34. The number of hydrogen-bond acceptors (Lipinski definition) is 6. The second kappa shape index (κ2) is 9.67. The van der Waals surface area contributed by atoms with E-state index in [-0.39, 0.29) is 24.5 Å². The van der Waals surface area contributed by atoms with Crippen LogP contribution in [-0.4, -0.2) is 24.7 Å². The molecule has 0 fully saturated rings. The maximum atomic E-state index is 12.4. The van der Waals surface area contributed by atoms with Crippen LogP contribution in [0, 0.1) is 0 Å². The highest BCUT2D eigenvalue weighted by Crippen LogP contribution is 2.30. The molecule has 0 saturated carbocycles. The molecular weight excluding hydrogens is 424 g/mol. The zero-order valence-corrected chi connectivity index (χ0v) is 16.8. The van der Waals surface area contributed by atoms with E-state index >= 15 is 0 Å². The number of rotatable bonds is 8. The third-order valence-corrected chi connectivity index (χ3v) is 5.00. The van der Waals surface area contributed by atoms with Gasteiger partial charge in [-0.05, 0) is 29.8 Å². The average Bonchev–Trinajstić information content (AvgIpc) is 3.15. The van der Waals surface area contributed by atoms with Crippen molar-refractivity contribution in [2.45, 2.75) is 19.6 Å². The first-order valence-corrected chi connectivity index (χ1v) is 9.68. The van der Waals surface area contributed by atoms with Crippen LogP contribution in [0.4, 0.5) is 8.78 Å². The molecule has 3 rings (SSSR count). The van der Waals surface area contributed by atoms with Crippen molar-refractivity contribution in [1.82, 2.24) is 4.98 Å². The van der Waals surface area contributed by atoms with E-state index in [1.54, 1.807) is 17.5 Å². The van der Waals surface area contributed by atoms with Gasteiger partial charge in [-0.25, -0.2) is 4.98 Å². The van der Waals surface area contributed by atoms with Gasteiger partial charge in [0.15, 0.2) is 11.5 Å². The number of thiazole rings is 1. The fourth-order valence-electron chi connectivity index (χ4n) is 2.47. The molecule has 5 nitrogen and oxygen atoms in total. The molecule has 0 atom stereocenters. The van der Waals surface area contributed by atoms with Gasteiger partial charge < -0.3 is 14.2 Å². The summed E-state index contributed by atoms with van der Waals surface area (Å²) in [6.07, 6.45) is 0.0216. The molecule has 0 aliphatic rings. The molecule has 0 radical (unpaired) electrons. The SMILES string of the molecule is COc1cc(COC(=O)Cc2csc(-c3ccc(Cl)cc3)n2)ccc1OC(F)F. The van der Waals surface area contributed by atoms with Crippen LogP contribution in [0.3, 0.4) is 0 Å². The third kappa shape index (κ3) is 5.88. The molecule has 9 heteroatoms. The van der Waals surface area contributed by atoms with Crippen molar-refractivity contribution in [3.05, 3.63) is 64.1 Å². The minimum Gasteiger partial charge on any atom is -0.493 e. The van der Waals surface area contributed by atoms with Crippen molar-refractivity contribution >= 4 is 28.9 Å². The monoisotopic (exact) mass is 439 g/mol. The predicted octanol–water partition coefficient (Wildman–Crippen LogP) is 5.36. The first-order valence-electron chi connectivity index (χ1n) is 8.42. The Labute approximate surface area is 174 Å². The fraction of sp³-hybridized carbons (Fsp3) is 0.200. The highest BCUT2D eigenvalue weighted by atomic mass is 35.5. The van der Waals surface area contributed by atoms with Crippen LogP contribution in [0.15, 0.2) is 47.8 Å². The standard InChI is InChI=1S/C20H16ClF2NO4S/c1-26-17-8-12(2-7-16(17)28-20(22)23)10-27-18(25)9-15-11-29-19(24-15)13-3-5-14(21)6-4-13/h2-8,11,20H,9-10H2,1H3. The molecule has 0 bridgehead atoms.